The van der Waals surface area contributed by atoms with Gasteiger partial charge < -0.3 is 9.84 Å². The second-order valence-electron chi connectivity index (χ2n) is 3.97. The van der Waals surface area contributed by atoms with Gasteiger partial charge in [0.15, 0.2) is 0 Å². The molecule has 1 unspecified atom stereocenters. The molecule has 0 aromatic rings. The maximum atomic E-state index is 9.92. The van der Waals surface area contributed by atoms with Crippen LogP contribution >= 0.6 is 0 Å². The number of hydrogen-bond acceptors (Lipinski definition) is 2. The summed E-state index contributed by atoms with van der Waals surface area (Å²) in [4.78, 5) is 0. The summed E-state index contributed by atoms with van der Waals surface area (Å²) < 4.78 is 5.21. The fraction of sp³-hybridized carbons (Fsp3) is 1.00. The Bertz CT molecular complexity index is 136. The van der Waals surface area contributed by atoms with Crippen molar-refractivity contribution in [1.29, 1.82) is 0 Å². The van der Waals surface area contributed by atoms with E-state index in [2.05, 4.69) is 6.92 Å². The van der Waals surface area contributed by atoms with Crippen molar-refractivity contribution in [3.05, 3.63) is 0 Å². The van der Waals surface area contributed by atoms with Crippen LogP contribution in [0.25, 0.3) is 0 Å². The molecule has 0 saturated heterocycles. The molecule has 1 aliphatic carbocycles. The summed E-state index contributed by atoms with van der Waals surface area (Å²) in [5, 5.41) is 9.92. The molecule has 0 bridgehead atoms. The predicted molar refractivity (Wildman–Crippen MR) is 44.5 cm³/mol. The third-order valence-corrected chi connectivity index (χ3v) is 2.89. The van der Waals surface area contributed by atoms with Crippen molar-refractivity contribution in [2.75, 3.05) is 13.2 Å². The van der Waals surface area contributed by atoms with Gasteiger partial charge in [-0.3, -0.25) is 0 Å². The molecule has 1 aliphatic rings. The van der Waals surface area contributed by atoms with E-state index < -0.39 is 5.60 Å². The molecule has 0 radical (unpaired) electrons. The zero-order valence-corrected chi connectivity index (χ0v) is 7.68. The third kappa shape index (κ3) is 1.74. The van der Waals surface area contributed by atoms with E-state index in [1.165, 1.54) is 0 Å². The molecule has 0 heterocycles. The van der Waals surface area contributed by atoms with Crippen molar-refractivity contribution in [1.82, 2.24) is 0 Å². The average molecular weight is 158 g/mol. The first-order valence-electron chi connectivity index (χ1n) is 4.32. The van der Waals surface area contributed by atoms with Crippen LogP contribution in [0.3, 0.4) is 0 Å². The van der Waals surface area contributed by atoms with Crippen molar-refractivity contribution >= 4 is 0 Å². The molecule has 0 aromatic carbocycles. The van der Waals surface area contributed by atoms with Crippen LogP contribution in [0.15, 0.2) is 0 Å². The average Bonchev–Trinajstić information content (AvgIpc) is 2.65. The van der Waals surface area contributed by atoms with E-state index in [0.29, 0.717) is 13.2 Å². The first kappa shape index (κ1) is 9.01. The largest absolute Gasteiger partial charge is 0.387 e. The molecule has 0 spiro atoms. The molecule has 66 valence electrons. The van der Waals surface area contributed by atoms with Gasteiger partial charge in [0.25, 0.3) is 0 Å². The molecule has 1 fully saturated rings. The van der Waals surface area contributed by atoms with Crippen LogP contribution in [-0.4, -0.2) is 23.9 Å². The van der Waals surface area contributed by atoms with Crippen molar-refractivity contribution in [2.24, 2.45) is 5.41 Å². The highest BCUT2D eigenvalue weighted by Crippen LogP contribution is 2.53. The Morgan fingerprint density at radius 2 is 2.09 bits per heavy atom. The molecular weight excluding hydrogens is 140 g/mol. The van der Waals surface area contributed by atoms with Gasteiger partial charge in [-0.05, 0) is 32.1 Å². The molecule has 1 saturated carbocycles. The lowest BCUT2D eigenvalue weighted by Crippen LogP contribution is -2.39. The van der Waals surface area contributed by atoms with Gasteiger partial charge >= 0.3 is 0 Å². The quantitative estimate of drug-likeness (QED) is 0.673. The van der Waals surface area contributed by atoms with Gasteiger partial charge in [0.1, 0.15) is 0 Å². The summed E-state index contributed by atoms with van der Waals surface area (Å²) in [5.74, 6) is 0. The van der Waals surface area contributed by atoms with Crippen LogP contribution in [0.5, 0.6) is 0 Å². The lowest BCUT2D eigenvalue weighted by atomic mass is 9.88. The highest BCUT2D eigenvalue weighted by Gasteiger charge is 2.52. The van der Waals surface area contributed by atoms with E-state index in [-0.39, 0.29) is 5.41 Å². The fourth-order valence-corrected chi connectivity index (χ4v) is 1.20. The third-order valence-electron chi connectivity index (χ3n) is 2.89. The zero-order chi connectivity index (χ0) is 8.54. The van der Waals surface area contributed by atoms with Crippen molar-refractivity contribution in [3.63, 3.8) is 0 Å². The lowest BCUT2D eigenvalue weighted by Gasteiger charge is -2.29. The molecule has 2 heteroatoms. The van der Waals surface area contributed by atoms with Gasteiger partial charge in [0.2, 0.25) is 0 Å². The SMILES string of the molecule is CCOCC(C)(O)C1(C)CC1. The summed E-state index contributed by atoms with van der Waals surface area (Å²) in [7, 11) is 0. The minimum absolute atomic E-state index is 0.127. The van der Waals surface area contributed by atoms with Crippen LogP contribution in [0.4, 0.5) is 0 Å². The van der Waals surface area contributed by atoms with E-state index >= 15 is 0 Å². The van der Waals surface area contributed by atoms with E-state index in [4.69, 9.17) is 4.74 Å². The van der Waals surface area contributed by atoms with E-state index in [9.17, 15) is 5.11 Å². The van der Waals surface area contributed by atoms with Gasteiger partial charge in [-0.25, -0.2) is 0 Å². The standard InChI is InChI=1S/C9H18O2/c1-4-11-7-9(3,10)8(2)5-6-8/h10H,4-7H2,1-3H3. The topological polar surface area (TPSA) is 29.5 Å². The van der Waals surface area contributed by atoms with E-state index in [0.717, 1.165) is 12.8 Å². The molecule has 1 atom stereocenters. The highest BCUT2D eigenvalue weighted by atomic mass is 16.5. The molecular formula is C9H18O2. The number of rotatable bonds is 4. The van der Waals surface area contributed by atoms with Gasteiger partial charge in [-0.1, -0.05) is 6.92 Å². The van der Waals surface area contributed by atoms with Crippen LogP contribution < -0.4 is 0 Å². The van der Waals surface area contributed by atoms with Crippen LogP contribution in [-0.2, 0) is 4.74 Å². The Hall–Kier alpha value is -0.0800. The summed E-state index contributed by atoms with van der Waals surface area (Å²) in [6, 6.07) is 0. The molecule has 11 heavy (non-hydrogen) atoms. The second kappa shape index (κ2) is 2.76. The fourth-order valence-electron chi connectivity index (χ4n) is 1.20. The summed E-state index contributed by atoms with van der Waals surface area (Å²) in [6.07, 6.45) is 2.26. The lowest BCUT2D eigenvalue weighted by molar-refractivity contribution is -0.0749. The zero-order valence-electron chi connectivity index (χ0n) is 7.68. The smallest absolute Gasteiger partial charge is 0.0905 e. The van der Waals surface area contributed by atoms with Gasteiger partial charge in [0.05, 0.1) is 12.2 Å². The van der Waals surface area contributed by atoms with Crippen molar-refractivity contribution in [2.45, 2.75) is 39.2 Å². The van der Waals surface area contributed by atoms with E-state index in [1.54, 1.807) is 0 Å². The minimum atomic E-state index is -0.622. The summed E-state index contributed by atoms with van der Waals surface area (Å²) in [5.41, 5.74) is -0.495. The predicted octanol–water partition coefficient (Wildman–Crippen LogP) is 1.57. The Balaban J connectivity index is 2.39. The summed E-state index contributed by atoms with van der Waals surface area (Å²) in [6.45, 7) is 7.10. The maximum Gasteiger partial charge on any atom is 0.0905 e. The van der Waals surface area contributed by atoms with Crippen LogP contribution in [0.2, 0.25) is 0 Å². The first-order chi connectivity index (χ1) is 5.02. The molecule has 2 nitrogen and oxygen atoms in total. The number of hydrogen-bond donors (Lipinski definition) is 1. The van der Waals surface area contributed by atoms with Gasteiger partial charge in [-0.15, -0.1) is 0 Å². The molecule has 1 rings (SSSR count). The Morgan fingerprint density at radius 3 is 2.45 bits per heavy atom. The molecule has 0 aromatic heterocycles. The van der Waals surface area contributed by atoms with Gasteiger partial charge in [0, 0.05) is 6.61 Å². The maximum absolute atomic E-state index is 9.92. The Labute approximate surface area is 68.6 Å². The molecule has 1 N–H and O–H groups in total. The highest BCUT2D eigenvalue weighted by molar-refractivity contribution is 5.02. The van der Waals surface area contributed by atoms with Gasteiger partial charge in [-0.2, -0.15) is 0 Å². The monoisotopic (exact) mass is 158 g/mol. The Kier molecular flexibility index (Phi) is 2.26. The van der Waals surface area contributed by atoms with Crippen molar-refractivity contribution in [3.8, 4) is 0 Å². The second-order valence-corrected chi connectivity index (χ2v) is 3.97. The number of aliphatic hydroxyl groups is 1. The van der Waals surface area contributed by atoms with Crippen molar-refractivity contribution < 1.29 is 9.84 Å². The van der Waals surface area contributed by atoms with Crippen LogP contribution in [0, 0.1) is 5.41 Å². The van der Waals surface area contributed by atoms with E-state index in [1.807, 2.05) is 13.8 Å². The summed E-state index contributed by atoms with van der Waals surface area (Å²) >= 11 is 0. The Morgan fingerprint density at radius 1 is 1.55 bits per heavy atom. The normalized spacial score (nSPS) is 26.2. The minimum Gasteiger partial charge on any atom is -0.387 e. The first-order valence-corrected chi connectivity index (χ1v) is 4.32. The van der Waals surface area contributed by atoms with Crippen LogP contribution in [0.1, 0.15) is 33.6 Å². The molecule has 0 aliphatic heterocycles. The number of ether oxygens (including phenoxy) is 1. The molecule has 0 amide bonds.